The number of carbonyl (C=O) groups is 1. The number of nitrogens with zero attached hydrogens (tertiary/aromatic N) is 2. The number of pyridine rings is 1. The first-order valence-corrected chi connectivity index (χ1v) is 14.7. The van der Waals surface area contributed by atoms with Crippen LogP contribution in [0.1, 0.15) is 10.4 Å². The van der Waals surface area contributed by atoms with Crippen molar-refractivity contribution in [2.75, 3.05) is 6.61 Å². The van der Waals surface area contributed by atoms with Gasteiger partial charge in [-0.3, -0.25) is 4.79 Å². The number of nitrogens with two attached hydrogens (primary N) is 1. The number of amides is 1. The molecule has 1 aromatic carbocycles. The Morgan fingerprint density at radius 2 is 2.03 bits per heavy atom. The first-order chi connectivity index (χ1) is 15.7. The van der Waals surface area contributed by atoms with Gasteiger partial charge in [0, 0.05) is 43.6 Å². The maximum atomic E-state index is 15.1. The van der Waals surface area contributed by atoms with Crippen molar-refractivity contribution in [3.63, 3.8) is 0 Å². The number of benzene rings is 1. The average molecular weight is 485 g/mol. The maximum absolute atomic E-state index is 15.1. The van der Waals surface area contributed by atoms with Crippen molar-refractivity contribution >= 4 is 36.6 Å². The number of H-pyrrole nitrogens is 1. The van der Waals surface area contributed by atoms with E-state index in [0.29, 0.717) is 23.6 Å². The van der Waals surface area contributed by atoms with Crippen LogP contribution in [0.4, 0.5) is 4.39 Å². The van der Waals surface area contributed by atoms with Gasteiger partial charge < -0.3 is 20.0 Å². The Morgan fingerprint density at radius 1 is 1.24 bits per heavy atom. The summed E-state index contributed by atoms with van der Waals surface area (Å²) in [6.45, 7) is 7.51. The number of ether oxygens (including phenoxy) is 1. The highest BCUT2D eigenvalue weighted by Gasteiger charge is 2.25. The lowest BCUT2D eigenvalue weighted by molar-refractivity contribution is 0.0893. The van der Waals surface area contributed by atoms with E-state index < -0.39 is 19.8 Å². The second-order valence-corrected chi connectivity index (χ2v) is 15.2. The van der Waals surface area contributed by atoms with Gasteiger partial charge in [0.05, 0.1) is 22.0 Å². The van der Waals surface area contributed by atoms with Gasteiger partial charge in [0.2, 0.25) is 0 Å². The fourth-order valence-corrected chi connectivity index (χ4v) is 4.72. The molecule has 172 valence electrons. The Bertz CT molecular complexity index is 1330. The topological polar surface area (TPSA) is 85.9 Å². The van der Waals surface area contributed by atoms with E-state index in [9.17, 15) is 4.79 Å². The molecule has 3 aromatic heterocycles. The van der Waals surface area contributed by atoms with Crippen LogP contribution in [0, 0.1) is 5.82 Å². The van der Waals surface area contributed by atoms with Crippen LogP contribution >= 0.6 is 11.6 Å². The molecule has 3 N–H and O–H groups in total. The summed E-state index contributed by atoms with van der Waals surface area (Å²) >= 11 is 6.07. The highest BCUT2D eigenvalue weighted by molar-refractivity contribution is 6.76. The molecule has 0 aliphatic carbocycles. The number of aromatic amines is 1. The summed E-state index contributed by atoms with van der Waals surface area (Å²) in [5, 5.41) is 0.835. The Balaban J connectivity index is 1.92. The number of hydrogen-bond acceptors (Lipinski definition) is 3. The molecule has 0 radical (unpaired) electrons. The molecule has 33 heavy (non-hydrogen) atoms. The fourth-order valence-electron chi connectivity index (χ4n) is 3.79. The van der Waals surface area contributed by atoms with Crippen molar-refractivity contribution in [3.05, 3.63) is 65.2 Å². The van der Waals surface area contributed by atoms with Crippen molar-refractivity contribution in [2.45, 2.75) is 32.4 Å². The quantitative estimate of drug-likeness (QED) is 0.241. The monoisotopic (exact) mass is 484 g/mol. The van der Waals surface area contributed by atoms with E-state index in [1.807, 2.05) is 12.1 Å². The molecule has 0 aliphatic rings. The second kappa shape index (κ2) is 9.13. The predicted molar refractivity (Wildman–Crippen MR) is 133 cm³/mol. The predicted octanol–water partition coefficient (Wildman–Crippen LogP) is 5.90. The molecule has 4 rings (SSSR count). The van der Waals surface area contributed by atoms with E-state index in [-0.39, 0.29) is 22.9 Å². The lowest BCUT2D eigenvalue weighted by atomic mass is 10.1. The zero-order chi connectivity index (χ0) is 23.8. The summed E-state index contributed by atoms with van der Waals surface area (Å²) in [4.78, 5) is 19.9. The van der Waals surface area contributed by atoms with Crippen molar-refractivity contribution in [1.29, 1.82) is 0 Å². The molecule has 0 saturated heterocycles. The number of rotatable bonds is 8. The standard InChI is InChI=1S/C24H26ClFN4O2Si/c1-33(2,3)12-11-32-14-30-20(15-7-9-28-24-16(15)8-10-29-24)13-18(23(27)31)22(30)17-5-4-6-19(25)21(17)26/h4-10,13H,11-12,14H2,1-3H3,(H2,27,31)(H,28,29). The number of primary amides is 1. The molecule has 0 unspecified atom stereocenters. The largest absolute Gasteiger partial charge is 0.366 e. The Kier molecular flexibility index (Phi) is 6.42. The molecule has 9 heteroatoms. The van der Waals surface area contributed by atoms with Crippen LogP contribution in [-0.2, 0) is 11.5 Å². The molecule has 0 bridgehead atoms. The lowest BCUT2D eigenvalue weighted by Gasteiger charge is -2.19. The van der Waals surface area contributed by atoms with E-state index in [1.165, 1.54) is 6.07 Å². The number of nitrogens with one attached hydrogen (secondary N) is 1. The Labute approximate surface area is 197 Å². The number of aromatic nitrogens is 3. The van der Waals surface area contributed by atoms with Gasteiger partial charge in [-0.15, -0.1) is 0 Å². The smallest absolute Gasteiger partial charge is 0.250 e. The van der Waals surface area contributed by atoms with E-state index in [0.717, 1.165) is 17.0 Å². The van der Waals surface area contributed by atoms with E-state index in [4.69, 9.17) is 22.1 Å². The third-order valence-electron chi connectivity index (χ3n) is 5.52. The second-order valence-electron chi connectivity index (χ2n) is 9.13. The Morgan fingerprint density at radius 3 is 2.76 bits per heavy atom. The number of halogens is 2. The normalized spacial score (nSPS) is 11.9. The molecule has 0 aliphatic heterocycles. The van der Waals surface area contributed by atoms with Gasteiger partial charge in [0.1, 0.15) is 12.4 Å². The summed E-state index contributed by atoms with van der Waals surface area (Å²) in [5.41, 5.74) is 8.68. The van der Waals surface area contributed by atoms with E-state index in [1.54, 1.807) is 35.2 Å². The van der Waals surface area contributed by atoms with Crippen molar-refractivity contribution in [3.8, 4) is 22.5 Å². The molecule has 1 amide bonds. The molecule has 4 aromatic rings. The van der Waals surface area contributed by atoms with Crippen LogP contribution in [0.2, 0.25) is 30.7 Å². The minimum atomic E-state index is -1.30. The lowest BCUT2D eigenvalue weighted by Crippen LogP contribution is -2.22. The zero-order valence-corrected chi connectivity index (χ0v) is 20.5. The van der Waals surface area contributed by atoms with Gasteiger partial charge >= 0.3 is 0 Å². The van der Waals surface area contributed by atoms with Gasteiger partial charge in [-0.05, 0) is 36.4 Å². The summed E-state index contributed by atoms with van der Waals surface area (Å²) in [5.74, 6) is -1.28. The summed E-state index contributed by atoms with van der Waals surface area (Å²) < 4.78 is 23.0. The molecule has 0 spiro atoms. The van der Waals surface area contributed by atoms with Gasteiger partial charge in [-0.2, -0.15) is 0 Å². The van der Waals surface area contributed by atoms with Crippen molar-refractivity contribution < 1.29 is 13.9 Å². The molecular formula is C24H26ClFN4O2Si. The van der Waals surface area contributed by atoms with Crippen LogP contribution in [0.5, 0.6) is 0 Å². The van der Waals surface area contributed by atoms with Gasteiger partial charge in [0.25, 0.3) is 5.91 Å². The van der Waals surface area contributed by atoms with Crippen LogP contribution in [0.25, 0.3) is 33.5 Å². The minimum absolute atomic E-state index is 0.0335. The number of carbonyl (C=O) groups excluding carboxylic acids is 1. The van der Waals surface area contributed by atoms with Crippen molar-refractivity contribution in [2.24, 2.45) is 5.73 Å². The zero-order valence-electron chi connectivity index (χ0n) is 18.8. The number of hydrogen-bond donors (Lipinski definition) is 2. The summed E-state index contributed by atoms with van der Waals surface area (Å²) in [6, 6.07) is 11.1. The SMILES string of the molecule is C[Si](C)(C)CCOCn1c(-c2ccnc3[nH]ccc23)cc(C(N)=O)c1-c1cccc(Cl)c1F. The fraction of sp³-hybridized carbons (Fsp3) is 0.250. The summed E-state index contributed by atoms with van der Waals surface area (Å²) in [6.07, 6.45) is 3.48. The Hall–Kier alpha value is -2.94. The van der Waals surface area contributed by atoms with Gasteiger partial charge in [0.15, 0.2) is 5.82 Å². The molecule has 6 nitrogen and oxygen atoms in total. The third kappa shape index (κ3) is 4.73. The first-order valence-electron chi connectivity index (χ1n) is 10.7. The number of fused-ring (bicyclic) bond motifs is 1. The highest BCUT2D eigenvalue weighted by Crippen LogP contribution is 2.38. The molecular weight excluding hydrogens is 459 g/mol. The molecule has 0 saturated carbocycles. The molecule has 0 atom stereocenters. The summed E-state index contributed by atoms with van der Waals surface area (Å²) in [7, 11) is -1.30. The molecule has 0 fully saturated rings. The maximum Gasteiger partial charge on any atom is 0.250 e. The minimum Gasteiger partial charge on any atom is -0.366 e. The molecule has 3 heterocycles. The van der Waals surface area contributed by atoms with Crippen LogP contribution in [0.15, 0.2) is 48.8 Å². The van der Waals surface area contributed by atoms with Crippen LogP contribution < -0.4 is 5.73 Å². The van der Waals surface area contributed by atoms with E-state index >= 15 is 4.39 Å². The first kappa shape index (κ1) is 23.2. The van der Waals surface area contributed by atoms with Crippen molar-refractivity contribution in [1.82, 2.24) is 14.5 Å². The third-order valence-corrected chi connectivity index (χ3v) is 7.52. The van der Waals surface area contributed by atoms with Crippen LogP contribution in [0.3, 0.4) is 0 Å². The van der Waals surface area contributed by atoms with Gasteiger partial charge in [-0.1, -0.05) is 37.3 Å². The average Bonchev–Trinajstić information content (AvgIpc) is 3.37. The highest BCUT2D eigenvalue weighted by atomic mass is 35.5. The van der Waals surface area contributed by atoms with Crippen LogP contribution in [-0.4, -0.2) is 35.1 Å². The van der Waals surface area contributed by atoms with E-state index in [2.05, 4.69) is 29.6 Å². The van der Waals surface area contributed by atoms with Gasteiger partial charge in [-0.25, -0.2) is 9.37 Å².